The third kappa shape index (κ3) is 2.52. The summed E-state index contributed by atoms with van der Waals surface area (Å²) in [5, 5.41) is 12.7. The number of anilines is 2. The Bertz CT molecular complexity index is 369. The van der Waals surface area contributed by atoms with Gasteiger partial charge in [0.25, 0.3) is 0 Å². The second kappa shape index (κ2) is 5.36. The minimum absolute atomic E-state index is 0.203. The molecule has 0 saturated carbocycles. The van der Waals surface area contributed by atoms with E-state index in [1.807, 2.05) is 18.2 Å². The SMILES string of the molecule is CCNc1cccc(N2CCC(C)C2CO)n1. The van der Waals surface area contributed by atoms with Gasteiger partial charge < -0.3 is 15.3 Å². The van der Waals surface area contributed by atoms with Gasteiger partial charge in [0.15, 0.2) is 0 Å². The predicted octanol–water partition coefficient (Wildman–Crippen LogP) is 1.72. The molecule has 2 atom stereocenters. The van der Waals surface area contributed by atoms with E-state index in [-0.39, 0.29) is 12.6 Å². The van der Waals surface area contributed by atoms with Gasteiger partial charge in [0.05, 0.1) is 12.6 Å². The van der Waals surface area contributed by atoms with Crippen LogP contribution in [0.15, 0.2) is 18.2 Å². The van der Waals surface area contributed by atoms with Crippen molar-refractivity contribution in [2.24, 2.45) is 5.92 Å². The lowest BCUT2D eigenvalue weighted by Gasteiger charge is -2.26. The lowest BCUT2D eigenvalue weighted by atomic mass is 10.0. The van der Waals surface area contributed by atoms with Crippen molar-refractivity contribution in [3.63, 3.8) is 0 Å². The Balaban J connectivity index is 2.18. The predicted molar refractivity (Wildman–Crippen MR) is 70.4 cm³/mol. The molecule has 2 unspecified atom stereocenters. The first-order chi connectivity index (χ1) is 8.26. The van der Waals surface area contributed by atoms with E-state index in [4.69, 9.17) is 0 Å². The number of aliphatic hydroxyl groups is 1. The van der Waals surface area contributed by atoms with Crippen molar-refractivity contribution in [1.82, 2.24) is 4.98 Å². The molecule has 1 aliphatic heterocycles. The van der Waals surface area contributed by atoms with Crippen LogP contribution in [-0.4, -0.2) is 35.8 Å². The fourth-order valence-electron chi connectivity index (χ4n) is 2.43. The molecule has 1 aromatic rings. The Labute approximate surface area is 103 Å². The molecule has 0 radical (unpaired) electrons. The number of pyridine rings is 1. The number of hydrogen-bond acceptors (Lipinski definition) is 4. The lowest BCUT2D eigenvalue weighted by molar-refractivity contribution is 0.244. The first-order valence-electron chi connectivity index (χ1n) is 6.34. The minimum atomic E-state index is 0.203. The molecular weight excluding hydrogens is 214 g/mol. The van der Waals surface area contributed by atoms with E-state index in [0.29, 0.717) is 5.92 Å². The lowest BCUT2D eigenvalue weighted by Crippen LogP contribution is -2.35. The van der Waals surface area contributed by atoms with Crippen molar-refractivity contribution < 1.29 is 5.11 Å². The van der Waals surface area contributed by atoms with Gasteiger partial charge in [0.1, 0.15) is 11.6 Å². The highest BCUT2D eigenvalue weighted by Gasteiger charge is 2.31. The molecule has 0 spiro atoms. The van der Waals surface area contributed by atoms with E-state index in [9.17, 15) is 5.11 Å². The highest BCUT2D eigenvalue weighted by Crippen LogP contribution is 2.28. The first-order valence-corrected chi connectivity index (χ1v) is 6.34. The fourth-order valence-corrected chi connectivity index (χ4v) is 2.43. The van der Waals surface area contributed by atoms with E-state index in [2.05, 4.69) is 29.0 Å². The molecule has 2 N–H and O–H groups in total. The Morgan fingerprint density at radius 1 is 1.53 bits per heavy atom. The maximum atomic E-state index is 9.46. The molecule has 2 heterocycles. The minimum Gasteiger partial charge on any atom is -0.394 e. The number of nitrogens with zero attached hydrogens (tertiary/aromatic N) is 2. The van der Waals surface area contributed by atoms with E-state index in [0.717, 1.165) is 31.1 Å². The summed E-state index contributed by atoms with van der Waals surface area (Å²) in [7, 11) is 0. The second-order valence-electron chi connectivity index (χ2n) is 4.62. The van der Waals surface area contributed by atoms with Gasteiger partial charge in [0.2, 0.25) is 0 Å². The van der Waals surface area contributed by atoms with Crippen LogP contribution in [0.1, 0.15) is 20.3 Å². The summed E-state index contributed by atoms with van der Waals surface area (Å²) in [5.74, 6) is 2.40. The maximum absolute atomic E-state index is 9.46. The molecule has 0 aliphatic carbocycles. The van der Waals surface area contributed by atoms with Gasteiger partial charge in [0, 0.05) is 13.1 Å². The van der Waals surface area contributed by atoms with Gasteiger partial charge in [-0.05, 0) is 31.4 Å². The molecule has 0 aromatic carbocycles. The van der Waals surface area contributed by atoms with Crippen molar-refractivity contribution in [3.8, 4) is 0 Å². The maximum Gasteiger partial charge on any atom is 0.131 e. The zero-order valence-electron chi connectivity index (χ0n) is 10.6. The van der Waals surface area contributed by atoms with Crippen molar-refractivity contribution in [3.05, 3.63) is 18.2 Å². The molecule has 4 nitrogen and oxygen atoms in total. The Morgan fingerprint density at radius 3 is 3.06 bits per heavy atom. The Morgan fingerprint density at radius 2 is 2.35 bits per heavy atom. The van der Waals surface area contributed by atoms with Gasteiger partial charge in [-0.2, -0.15) is 0 Å². The summed E-state index contributed by atoms with van der Waals surface area (Å²) < 4.78 is 0. The van der Waals surface area contributed by atoms with Gasteiger partial charge in [-0.25, -0.2) is 4.98 Å². The van der Waals surface area contributed by atoms with E-state index < -0.39 is 0 Å². The highest BCUT2D eigenvalue weighted by molar-refractivity contribution is 5.48. The third-order valence-corrected chi connectivity index (χ3v) is 3.46. The van der Waals surface area contributed by atoms with Crippen molar-refractivity contribution in [1.29, 1.82) is 0 Å². The second-order valence-corrected chi connectivity index (χ2v) is 4.62. The first kappa shape index (κ1) is 12.2. The molecule has 1 fully saturated rings. The standard InChI is InChI=1S/C13H21N3O/c1-3-14-12-5-4-6-13(15-12)16-8-7-10(2)11(16)9-17/h4-6,10-11,17H,3,7-9H2,1-2H3,(H,14,15). The van der Waals surface area contributed by atoms with Crippen LogP contribution in [-0.2, 0) is 0 Å². The Kier molecular flexibility index (Phi) is 3.84. The quantitative estimate of drug-likeness (QED) is 0.834. The van der Waals surface area contributed by atoms with Crippen LogP contribution in [0.2, 0.25) is 0 Å². The molecule has 4 heteroatoms. The number of aliphatic hydroxyl groups excluding tert-OH is 1. The number of aromatic nitrogens is 1. The zero-order chi connectivity index (χ0) is 12.3. The summed E-state index contributed by atoms with van der Waals surface area (Å²) >= 11 is 0. The number of nitrogens with one attached hydrogen (secondary N) is 1. The van der Waals surface area contributed by atoms with Crippen LogP contribution >= 0.6 is 0 Å². The average Bonchev–Trinajstić information content (AvgIpc) is 2.71. The van der Waals surface area contributed by atoms with E-state index >= 15 is 0 Å². The van der Waals surface area contributed by atoms with Gasteiger partial charge in [-0.1, -0.05) is 13.0 Å². The van der Waals surface area contributed by atoms with Gasteiger partial charge in [-0.15, -0.1) is 0 Å². The molecule has 1 aromatic heterocycles. The summed E-state index contributed by atoms with van der Waals surface area (Å²) in [6.45, 7) is 6.30. The summed E-state index contributed by atoms with van der Waals surface area (Å²) in [6, 6.07) is 6.21. The monoisotopic (exact) mass is 235 g/mol. The highest BCUT2D eigenvalue weighted by atomic mass is 16.3. The Hall–Kier alpha value is -1.29. The van der Waals surface area contributed by atoms with Crippen molar-refractivity contribution in [2.45, 2.75) is 26.3 Å². The van der Waals surface area contributed by atoms with Gasteiger partial charge in [-0.3, -0.25) is 0 Å². The molecule has 1 saturated heterocycles. The van der Waals surface area contributed by atoms with E-state index in [1.54, 1.807) is 0 Å². The van der Waals surface area contributed by atoms with Crippen LogP contribution < -0.4 is 10.2 Å². The average molecular weight is 235 g/mol. The third-order valence-electron chi connectivity index (χ3n) is 3.46. The smallest absolute Gasteiger partial charge is 0.131 e. The van der Waals surface area contributed by atoms with Crippen LogP contribution in [0.3, 0.4) is 0 Å². The molecule has 2 rings (SSSR count). The van der Waals surface area contributed by atoms with Crippen molar-refractivity contribution >= 4 is 11.6 Å². The van der Waals surface area contributed by atoms with Crippen LogP contribution in [0, 0.1) is 5.92 Å². The van der Waals surface area contributed by atoms with Gasteiger partial charge >= 0.3 is 0 Å². The molecule has 0 amide bonds. The van der Waals surface area contributed by atoms with E-state index in [1.165, 1.54) is 0 Å². The van der Waals surface area contributed by atoms with Crippen LogP contribution in [0.5, 0.6) is 0 Å². The molecule has 17 heavy (non-hydrogen) atoms. The normalized spacial score (nSPS) is 24.1. The molecule has 94 valence electrons. The van der Waals surface area contributed by atoms with Crippen LogP contribution in [0.25, 0.3) is 0 Å². The molecule has 1 aliphatic rings. The van der Waals surface area contributed by atoms with Crippen molar-refractivity contribution in [2.75, 3.05) is 29.9 Å². The fraction of sp³-hybridized carbons (Fsp3) is 0.615. The molecular formula is C13H21N3O. The summed E-state index contributed by atoms with van der Waals surface area (Å²) in [5.41, 5.74) is 0. The number of hydrogen-bond donors (Lipinski definition) is 2. The largest absolute Gasteiger partial charge is 0.394 e. The zero-order valence-corrected chi connectivity index (χ0v) is 10.6. The summed E-state index contributed by atoms with van der Waals surface area (Å²) in [4.78, 5) is 6.79. The molecule has 0 bridgehead atoms. The number of rotatable bonds is 4. The van der Waals surface area contributed by atoms with Crippen LogP contribution in [0.4, 0.5) is 11.6 Å². The summed E-state index contributed by atoms with van der Waals surface area (Å²) in [6.07, 6.45) is 1.12. The topological polar surface area (TPSA) is 48.4 Å².